The minimum Gasteiger partial charge on any atom is -0.332 e. The van der Waals surface area contributed by atoms with Crippen molar-refractivity contribution in [1.29, 1.82) is 0 Å². The van der Waals surface area contributed by atoms with Crippen LogP contribution in [0.5, 0.6) is 0 Å². The van der Waals surface area contributed by atoms with E-state index in [1.807, 2.05) is 49.5 Å². The molecule has 2 amide bonds. The molecule has 0 aliphatic heterocycles. The van der Waals surface area contributed by atoms with Gasteiger partial charge in [0.05, 0.1) is 12.2 Å². The predicted molar refractivity (Wildman–Crippen MR) is 108 cm³/mol. The summed E-state index contributed by atoms with van der Waals surface area (Å²) in [5, 5.41) is 5.26. The zero-order valence-corrected chi connectivity index (χ0v) is 16.8. The van der Waals surface area contributed by atoms with Gasteiger partial charge < -0.3 is 15.1 Å². The number of likely N-dealkylation sites (N-methyl/N-ethyl adjacent to an activating group) is 1. The lowest BCUT2D eigenvalue weighted by Gasteiger charge is -2.24. The smallest absolute Gasteiger partial charge is 0.245 e. The van der Waals surface area contributed by atoms with Crippen LogP contribution in [0.15, 0.2) is 35.7 Å². The Labute approximate surface area is 164 Å². The molecular weight excluding hydrogens is 360 g/mol. The summed E-state index contributed by atoms with van der Waals surface area (Å²) in [6.07, 6.45) is 0.856. The van der Waals surface area contributed by atoms with Crippen LogP contribution < -0.4 is 5.32 Å². The molecule has 1 aromatic heterocycles. The molecule has 1 saturated carbocycles. The molecule has 0 saturated heterocycles. The highest BCUT2D eigenvalue weighted by Gasteiger charge is 2.45. The number of hydrogen-bond donors (Lipinski definition) is 1. The van der Waals surface area contributed by atoms with Gasteiger partial charge in [-0.2, -0.15) is 0 Å². The summed E-state index contributed by atoms with van der Waals surface area (Å²) in [5.41, 5.74) is 2.07. The third-order valence-electron chi connectivity index (χ3n) is 4.66. The molecule has 2 atom stereocenters. The number of thiazole rings is 1. The Balaban J connectivity index is 1.62. The second-order valence-electron chi connectivity index (χ2n) is 7.26. The molecule has 6 nitrogen and oxygen atoms in total. The van der Waals surface area contributed by atoms with Crippen molar-refractivity contribution in [3.05, 3.63) is 47.0 Å². The van der Waals surface area contributed by atoms with Gasteiger partial charge in [-0.15, -0.1) is 11.3 Å². The van der Waals surface area contributed by atoms with Gasteiger partial charge in [-0.1, -0.05) is 30.3 Å². The lowest BCUT2D eigenvalue weighted by Crippen LogP contribution is -2.42. The van der Waals surface area contributed by atoms with Crippen LogP contribution in [-0.2, 0) is 9.59 Å². The lowest BCUT2D eigenvalue weighted by molar-refractivity contribution is -0.136. The topological polar surface area (TPSA) is 65.5 Å². The molecule has 0 spiro atoms. The van der Waals surface area contributed by atoms with Crippen molar-refractivity contribution in [2.75, 3.05) is 39.0 Å². The van der Waals surface area contributed by atoms with E-state index in [9.17, 15) is 9.59 Å². The van der Waals surface area contributed by atoms with Crippen molar-refractivity contribution in [2.45, 2.75) is 19.3 Å². The summed E-state index contributed by atoms with van der Waals surface area (Å²) >= 11 is 1.39. The third kappa shape index (κ3) is 5.37. The van der Waals surface area contributed by atoms with Gasteiger partial charge in [0.1, 0.15) is 0 Å². The number of rotatable bonds is 8. The van der Waals surface area contributed by atoms with Crippen LogP contribution in [0.2, 0.25) is 0 Å². The highest BCUT2D eigenvalue weighted by atomic mass is 32.1. The Morgan fingerprint density at radius 2 is 1.96 bits per heavy atom. The maximum Gasteiger partial charge on any atom is 0.245 e. The van der Waals surface area contributed by atoms with E-state index < -0.39 is 0 Å². The summed E-state index contributed by atoms with van der Waals surface area (Å²) in [4.78, 5) is 33.4. The number of nitrogens with zero attached hydrogens (tertiary/aromatic N) is 3. The van der Waals surface area contributed by atoms with Crippen molar-refractivity contribution >= 4 is 28.3 Å². The SMILES string of the molecule is Cc1csc(NC(=O)CN(CCN(C)C)C(=O)C2CC2c2ccccc2)n1. The summed E-state index contributed by atoms with van der Waals surface area (Å²) in [6, 6.07) is 10.1. The van der Waals surface area contributed by atoms with Crippen molar-refractivity contribution in [3.8, 4) is 0 Å². The van der Waals surface area contributed by atoms with E-state index in [1.165, 1.54) is 16.9 Å². The number of aryl methyl sites for hydroxylation is 1. The fraction of sp³-hybridized carbons (Fsp3) is 0.450. The fourth-order valence-corrected chi connectivity index (χ4v) is 3.81. The molecule has 2 aromatic rings. The van der Waals surface area contributed by atoms with Crippen LogP contribution in [-0.4, -0.2) is 60.3 Å². The summed E-state index contributed by atoms with van der Waals surface area (Å²) in [7, 11) is 3.93. The number of hydrogen-bond acceptors (Lipinski definition) is 5. The maximum atomic E-state index is 13.0. The first-order valence-electron chi connectivity index (χ1n) is 9.14. The molecule has 0 radical (unpaired) electrons. The fourth-order valence-electron chi connectivity index (χ4n) is 3.10. The van der Waals surface area contributed by atoms with E-state index in [0.29, 0.717) is 11.7 Å². The zero-order chi connectivity index (χ0) is 19.4. The van der Waals surface area contributed by atoms with Gasteiger partial charge >= 0.3 is 0 Å². The van der Waals surface area contributed by atoms with Gasteiger partial charge in [0, 0.05) is 24.4 Å². The summed E-state index contributed by atoms with van der Waals surface area (Å²) < 4.78 is 0. The summed E-state index contributed by atoms with van der Waals surface area (Å²) in [6.45, 7) is 3.20. The molecule has 1 aromatic carbocycles. The van der Waals surface area contributed by atoms with Crippen molar-refractivity contribution < 1.29 is 9.59 Å². The van der Waals surface area contributed by atoms with Crippen LogP contribution in [0.1, 0.15) is 23.6 Å². The van der Waals surface area contributed by atoms with Crippen molar-refractivity contribution in [3.63, 3.8) is 0 Å². The molecule has 7 heteroatoms. The zero-order valence-electron chi connectivity index (χ0n) is 16.0. The van der Waals surface area contributed by atoms with E-state index in [0.717, 1.165) is 18.7 Å². The van der Waals surface area contributed by atoms with Crippen molar-refractivity contribution in [1.82, 2.24) is 14.8 Å². The number of aromatic nitrogens is 1. The summed E-state index contributed by atoms with van der Waals surface area (Å²) in [5.74, 6) is 0.110. The Kier molecular flexibility index (Phi) is 6.23. The Morgan fingerprint density at radius 3 is 2.59 bits per heavy atom. The Hall–Kier alpha value is -2.25. The average molecular weight is 387 g/mol. The molecule has 1 fully saturated rings. The monoisotopic (exact) mass is 386 g/mol. The van der Waals surface area contributed by atoms with Gasteiger partial charge in [0.25, 0.3) is 0 Å². The normalized spacial score (nSPS) is 18.4. The molecule has 1 aliphatic carbocycles. The second-order valence-corrected chi connectivity index (χ2v) is 8.12. The van der Waals surface area contributed by atoms with Crippen LogP contribution in [0.3, 0.4) is 0 Å². The maximum absolute atomic E-state index is 13.0. The Bertz CT molecular complexity index is 790. The van der Waals surface area contributed by atoms with E-state index in [1.54, 1.807) is 4.90 Å². The van der Waals surface area contributed by atoms with E-state index in [2.05, 4.69) is 22.4 Å². The molecular formula is C20H26N4O2S. The highest BCUT2D eigenvalue weighted by Crippen LogP contribution is 2.48. The van der Waals surface area contributed by atoms with E-state index in [4.69, 9.17) is 0 Å². The first kappa shape index (κ1) is 19.5. The third-order valence-corrected chi connectivity index (χ3v) is 5.54. The molecule has 27 heavy (non-hydrogen) atoms. The lowest BCUT2D eigenvalue weighted by atomic mass is 10.1. The molecule has 0 bridgehead atoms. The molecule has 2 unspecified atom stereocenters. The first-order chi connectivity index (χ1) is 12.9. The molecule has 1 aliphatic rings. The Morgan fingerprint density at radius 1 is 1.22 bits per heavy atom. The van der Waals surface area contributed by atoms with Crippen LogP contribution in [0, 0.1) is 12.8 Å². The van der Waals surface area contributed by atoms with Crippen molar-refractivity contribution in [2.24, 2.45) is 5.92 Å². The first-order valence-corrected chi connectivity index (χ1v) is 10.0. The highest BCUT2D eigenvalue weighted by molar-refractivity contribution is 7.13. The van der Waals surface area contributed by atoms with Crippen LogP contribution in [0.4, 0.5) is 5.13 Å². The van der Waals surface area contributed by atoms with Crippen LogP contribution in [0.25, 0.3) is 0 Å². The number of carbonyl (C=O) groups excluding carboxylic acids is 2. The minimum absolute atomic E-state index is 0.0236. The number of amides is 2. The van der Waals surface area contributed by atoms with E-state index in [-0.39, 0.29) is 30.2 Å². The standard InChI is InChI=1S/C20H26N4O2S/c1-14-13-27-20(21-14)22-18(25)12-24(10-9-23(2)3)19(26)17-11-16(17)15-7-5-4-6-8-15/h4-8,13,16-17H,9-12H2,1-3H3,(H,21,22,25). The molecule has 1 heterocycles. The average Bonchev–Trinajstić information content (AvgIpc) is 3.34. The van der Waals surface area contributed by atoms with Gasteiger partial charge in [0.15, 0.2) is 5.13 Å². The van der Waals surface area contributed by atoms with Gasteiger partial charge in [-0.3, -0.25) is 9.59 Å². The molecule has 144 valence electrons. The van der Waals surface area contributed by atoms with E-state index >= 15 is 0 Å². The largest absolute Gasteiger partial charge is 0.332 e. The van der Waals surface area contributed by atoms with Gasteiger partial charge in [-0.05, 0) is 38.9 Å². The number of carbonyl (C=O) groups is 2. The number of nitrogens with one attached hydrogen (secondary N) is 1. The number of anilines is 1. The molecule has 3 rings (SSSR count). The predicted octanol–water partition coefficient (Wildman–Crippen LogP) is 2.58. The second kappa shape index (κ2) is 8.63. The van der Waals surface area contributed by atoms with Gasteiger partial charge in [-0.25, -0.2) is 4.98 Å². The molecule has 1 N–H and O–H groups in total. The minimum atomic E-state index is -0.201. The van der Waals surface area contributed by atoms with Crippen LogP contribution >= 0.6 is 11.3 Å². The number of benzene rings is 1. The quantitative estimate of drug-likeness (QED) is 0.757. The van der Waals surface area contributed by atoms with Gasteiger partial charge in [0.2, 0.25) is 11.8 Å².